The van der Waals surface area contributed by atoms with E-state index in [-0.39, 0.29) is 0 Å². The molecule has 2 aromatic rings. The van der Waals surface area contributed by atoms with E-state index >= 15 is 0 Å². The number of H-pyrrole nitrogens is 1. The maximum atomic E-state index is 5.35. The molecule has 0 bridgehead atoms. The third-order valence-electron chi connectivity index (χ3n) is 2.65. The van der Waals surface area contributed by atoms with Crippen LogP contribution in [0.2, 0.25) is 0 Å². The summed E-state index contributed by atoms with van der Waals surface area (Å²) < 4.78 is 5.34. The summed E-state index contributed by atoms with van der Waals surface area (Å²) in [4.78, 5) is 7.71. The van der Waals surface area contributed by atoms with Crippen LogP contribution in [0.3, 0.4) is 0 Å². The monoisotopic (exact) mass is 219 g/mol. The molecule has 4 heteroatoms. The molecule has 0 amide bonds. The number of aromatic nitrogens is 2. The summed E-state index contributed by atoms with van der Waals surface area (Å²) in [6.45, 7) is 5.78. The summed E-state index contributed by atoms with van der Waals surface area (Å²) >= 11 is 0. The SMILES string of the molecule is Cc1cc2nc(COCCN)[nH]c2cc1C. The Hall–Kier alpha value is -1.39. The van der Waals surface area contributed by atoms with E-state index in [1.165, 1.54) is 11.1 Å². The van der Waals surface area contributed by atoms with Crippen LogP contribution in [0.1, 0.15) is 17.0 Å². The van der Waals surface area contributed by atoms with Crippen molar-refractivity contribution >= 4 is 11.0 Å². The molecule has 0 aliphatic heterocycles. The van der Waals surface area contributed by atoms with Crippen molar-refractivity contribution in [1.82, 2.24) is 9.97 Å². The first-order chi connectivity index (χ1) is 7.70. The Kier molecular flexibility index (Phi) is 3.22. The minimum atomic E-state index is 0.490. The molecule has 0 aliphatic rings. The molecular weight excluding hydrogens is 202 g/mol. The average molecular weight is 219 g/mol. The number of nitrogens with two attached hydrogens (primary N) is 1. The standard InChI is InChI=1S/C12H17N3O/c1-8-5-10-11(6-9(8)2)15-12(14-10)7-16-4-3-13/h5-6H,3-4,7,13H2,1-2H3,(H,14,15). The second-order valence-electron chi connectivity index (χ2n) is 3.98. The number of rotatable bonds is 4. The van der Waals surface area contributed by atoms with Crippen LogP contribution >= 0.6 is 0 Å². The number of nitrogens with zero attached hydrogens (tertiary/aromatic N) is 1. The highest BCUT2D eigenvalue weighted by Gasteiger charge is 2.04. The Labute approximate surface area is 94.8 Å². The van der Waals surface area contributed by atoms with E-state index in [9.17, 15) is 0 Å². The van der Waals surface area contributed by atoms with Crippen molar-refractivity contribution in [1.29, 1.82) is 0 Å². The number of nitrogens with one attached hydrogen (secondary N) is 1. The van der Waals surface area contributed by atoms with Gasteiger partial charge in [0, 0.05) is 6.54 Å². The molecule has 1 aromatic heterocycles. The van der Waals surface area contributed by atoms with Gasteiger partial charge < -0.3 is 15.5 Å². The van der Waals surface area contributed by atoms with E-state index in [1.54, 1.807) is 0 Å². The molecule has 0 fully saturated rings. The molecule has 0 spiro atoms. The Morgan fingerprint density at radius 2 is 2.06 bits per heavy atom. The molecule has 0 atom stereocenters. The number of aryl methyl sites for hydroxylation is 2. The van der Waals surface area contributed by atoms with Gasteiger partial charge in [-0.1, -0.05) is 0 Å². The predicted molar refractivity (Wildman–Crippen MR) is 64.3 cm³/mol. The maximum absolute atomic E-state index is 5.35. The molecule has 4 nitrogen and oxygen atoms in total. The summed E-state index contributed by atoms with van der Waals surface area (Å²) in [5.41, 5.74) is 9.94. The molecule has 0 saturated heterocycles. The Morgan fingerprint density at radius 3 is 2.81 bits per heavy atom. The van der Waals surface area contributed by atoms with Gasteiger partial charge in [-0.2, -0.15) is 0 Å². The summed E-state index contributed by atoms with van der Waals surface area (Å²) in [7, 11) is 0. The minimum Gasteiger partial charge on any atom is -0.372 e. The number of fused-ring (bicyclic) bond motifs is 1. The fraction of sp³-hybridized carbons (Fsp3) is 0.417. The number of aromatic amines is 1. The van der Waals surface area contributed by atoms with Crippen LogP contribution in [0, 0.1) is 13.8 Å². The Bertz CT molecular complexity index is 451. The molecule has 0 saturated carbocycles. The molecule has 16 heavy (non-hydrogen) atoms. The third-order valence-corrected chi connectivity index (χ3v) is 2.65. The fourth-order valence-electron chi connectivity index (χ4n) is 1.64. The summed E-state index contributed by atoms with van der Waals surface area (Å²) in [5, 5.41) is 0. The van der Waals surface area contributed by atoms with Crippen molar-refractivity contribution in [2.45, 2.75) is 20.5 Å². The number of imidazole rings is 1. The smallest absolute Gasteiger partial charge is 0.133 e. The van der Waals surface area contributed by atoms with Gasteiger partial charge in [0.25, 0.3) is 0 Å². The predicted octanol–water partition coefficient (Wildman–Crippen LogP) is 1.66. The van der Waals surface area contributed by atoms with Crippen molar-refractivity contribution in [3.63, 3.8) is 0 Å². The van der Waals surface area contributed by atoms with Crippen molar-refractivity contribution < 1.29 is 4.74 Å². The quantitative estimate of drug-likeness (QED) is 0.768. The van der Waals surface area contributed by atoms with Crippen LogP contribution in [-0.4, -0.2) is 23.1 Å². The van der Waals surface area contributed by atoms with E-state index in [0.717, 1.165) is 16.9 Å². The normalized spacial score (nSPS) is 11.2. The van der Waals surface area contributed by atoms with Gasteiger partial charge in [0.1, 0.15) is 12.4 Å². The van der Waals surface area contributed by atoms with Gasteiger partial charge in [-0.05, 0) is 37.1 Å². The first-order valence-electron chi connectivity index (χ1n) is 5.44. The lowest BCUT2D eigenvalue weighted by Crippen LogP contribution is -2.08. The van der Waals surface area contributed by atoms with Crippen LogP contribution in [0.4, 0.5) is 0 Å². The molecule has 0 radical (unpaired) electrons. The lowest BCUT2D eigenvalue weighted by Gasteiger charge is -1.97. The van der Waals surface area contributed by atoms with Gasteiger partial charge in [-0.15, -0.1) is 0 Å². The molecule has 1 aromatic carbocycles. The van der Waals surface area contributed by atoms with E-state index in [0.29, 0.717) is 19.8 Å². The van der Waals surface area contributed by atoms with Crippen LogP contribution in [0.5, 0.6) is 0 Å². The van der Waals surface area contributed by atoms with Crippen LogP contribution < -0.4 is 5.73 Å². The molecule has 1 heterocycles. The van der Waals surface area contributed by atoms with Crippen molar-refractivity contribution in [2.24, 2.45) is 5.73 Å². The van der Waals surface area contributed by atoms with Gasteiger partial charge in [0.2, 0.25) is 0 Å². The number of hydrogen-bond donors (Lipinski definition) is 2. The molecular formula is C12H17N3O. The highest BCUT2D eigenvalue weighted by Crippen LogP contribution is 2.17. The Balaban J connectivity index is 2.23. The maximum Gasteiger partial charge on any atom is 0.133 e. The topological polar surface area (TPSA) is 63.9 Å². The lowest BCUT2D eigenvalue weighted by molar-refractivity contribution is 0.123. The van der Waals surface area contributed by atoms with Gasteiger partial charge in [0.15, 0.2) is 0 Å². The molecule has 86 valence electrons. The van der Waals surface area contributed by atoms with Crippen molar-refractivity contribution in [2.75, 3.05) is 13.2 Å². The van der Waals surface area contributed by atoms with Crippen LogP contribution in [0.15, 0.2) is 12.1 Å². The zero-order valence-corrected chi connectivity index (χ0v) is 9.71. The van der Waals surface area contributed by atoms with Crippen LogP contribution in [-0.2, 0) is 11.3 Å². The zero-order valence-electron chi connectivity index (χ0n) is 9.71. The van der Waals surface area contributed by atoms with E-state index in [4.69, 9.17) is 10.5 Å². The highest BCUT2D eigenvalue weighted by molar-refractivity contribution is 5.77. The zero-order chi connectivity index (χ0) is 11.5. The number of hydrogen-bond acceptors (Lipinski definition) is 3. The molecule has 2 rings (SSSR count). The first kappa shape index (κ1) is 11.1. The Morgan fingerprint density at radius 1 is 1.31 bits per heavy atom. The second kappa shape index (κ2) is 4.63. The van der Waals surface area contributed by atoms with Crippen LogP contribution in [0.25, 0.3) is 11.0 Å². The summed E-state index contributed by atoms with van der Waals surface area (Å²) in [5.74, 6) is 0.855. The van der Waals surface area contributed by atoms with Gasteiger partial charge in [-0.3, -0.25) is 0 Å². The molecule has 3 N–H and O–H groups in total. The molecule has 0 unspecified atom stereocenters. The second-order valence-corrected chi connectivity index (χ2v) is 3.98. The number of benzene rings is 1. The van der Waals surface area contributed by atoms with E-state index in [1.807, 2.05) is 0 Å². The van der Waals surface area contributed by atoms with Crippen molar-refractivity contribution in [3.8, 4) is 0 Å². The third kappa shape index (κ3) is 2.23. The average Bonchev–Trinajstić information content (AvgIpc) is 2.61. The number of ether oxygens (including phenoxy) is 1. The van der Waals surface area contributed by atoms with Gasteiger partial charge in [-0.25, -0.2) is 4.98 Å². The van der Waals surface area contributed by atoms with E-state index in [2.05, 4.69) is 35.9 Å². The molecule has 0 aliphatic carbocycles. The fourth-order valence-corrected chi connectivity index (χ4v) is 1.64. The van der Waals surface area contributed by atoms with Crippen molar-refractivity contribution in [3.05, 3.63) is 29.1 Å². The summed E-state index contributed by atoms with van der Waals surface area (Å²) in [6.07, 6.45) is 0. The highest BCUT2D eigenvalue weighted by atomic mass is 16.5. The first-order valence-corrected chi connectivity index (χ1v) is 5.44. The lowest BCUT2D eigenvalue weighted by atomic mass is 10.1. The van der Waals surface area contributed by atoms with Gasteiger partial charge >= 0.3 is 0 Å². The van der Waals surface area contributed by atoms with Gasteiger partial charge in [0.05, 0.1) is 17.6 Å². The largest absolute Gasteiger partial charge is 0.372 e. The summed E-state index contributed by atoms with van der Waals surface area (Å²) in [6, 6.07) is 4.21. The van der Waals surface area contributed by atoms with E-state index < -0.39 is 0 Å². The minimum absolute atomic E-state index is 0.490.